The summed E-state index contributed by atoms with van der Waals surface area (Å²) < 4.78 is 6.13. The van der Waals surface area contributed by atoms with Crippen LogP contribution in [-0.2, 0) is 16.8 Å². The van der Waals surface area contributed by atoms with Crippen molar-refractivity contribution in [1.29, 1.82) is 5.26 Å². The van der Waals surface area contributed by atoms with Gasteiger partial charge in [0, 0.05) is 18.1 Å². The Morgan fingerprint density at radius 3 is 2.28 bits per heavy atom. The fraction of sp³-hybridized carbons (Fsp3) is 0.321. The summed E-state index contributed by atoms with van der Waals surface area (Å²) >= 11 is 6.07. The number of nitriles is 1. The lowest BCUT2D eigenvalue weighted by Gasteiger charge is -2.29. The Morgan fingerprint density at radius 2 is 1.66 bits per heavy atom. The van der Waals surface area contributed by atoms with Crippen molar-refractivity contribution in [3.63, 3.8) is 0 Å². The van der Waals surface area contributed by atoms with Gasteiger partial charge >= 0.3 is 0 Å². The highest BCUT2D eigenvalue weighted by molar-refractivity contribution is 6.30. The Labute approximate surface area is 196 Å². The summed E-state index contributed by atoms with van der Waals surface area (Å²) in [5.74, 6) is 0. The van der Waals surface area contributed by atoms with Crippen molar-refractivity contribution in [3.05, 3.63) is 107 Å². The number of hydrogen-bond donors (Lipinski definition) is 0. The van der Waals surface area contributed by atoms with E-state index < -0.39 is 5.41 Å². The van der Waals surface area contributed by atoms with Crippen LogP contribution in [-0.4, -0.2) is 30.6 Å². The summed E-state index contributed by atoms with van der Waals surface area (Å²) in [4.78, 5) is 2.46. The normalized spacial score (nSPS) is 16.7. The molecule has 0 spiro atoms. The summed E-state index contributed by atoms with van der Waals surface area (Å²) in [6.45, 7) is 3.55. The molecule has 0 radical (unpaired) electrons. The molecule has 1 aliphatic heterocycles. The first-order chi connectivity index (χ1) is 15.7. The first-order valence-corrected chi connectivity index (χ1v) is 11.7. The molecule has 1 atom stereocenters. The van der Waals surface area contributed by atoms with Gasteiger partial charge in [-0.1, -0.05) is 84.4 Å². The van der Waals surface area contributed by atoms with Gasteiger partial charge in [-0.25, -0.2) is 0 Å². The van der Waals surface area contributed by atoms with Crippen LogP contribution in [0.5, 0.6) is 0 Å². The van der Waals surface area contributed by atoms with E-state index in [9.17, 15) is 5.26 Å². The number of ether oxygens (including phenoxy) is 1. The van der Waals surface area contributed by atoms with Crippen molar-refractivity contribution < 1.29 is 4.74 Å². The van der Waals surface area contributed by atoms with E-state index in [1.807, 2.05) is 60.7 Å². The number of benzene rings is 3. The number of likely N-dealkylation sites (tertiary alicyclic amines) is 1. The first-order valence-electron chi connectivity index (χ1n) is 11.3. The number of hydrogen-bond acceptors (Lipinski definition) is 3. The van der Waals surface area contributed by atoms with Crippen LogP contribution in [0.2, 0.25) is 5.02 Å². The molecule has 0 amide bonds. The van der Waals surface area contributed by atoms with E-state index in [1.165, 1.54) is 0 Å². The van der Waals surface area contributed by atoms with Crippen LogP contribution < -0.4 is 0 Å². The molecule has 1 unspecified atom stereocenters. The van der Waals surface area contributed by atoms with Crippen LogP contribution in [0, 0.1) is 11.3 Å². The smallest absolute Gasteiger partial charge is 0.107 e. The van der Waals surface area contributed by atoms with Crippen molar-refractivity contribution in [2.45, 2.75) is 37.4 Å². The maximum Gasteiger partial charge on any atom is 0.107 e. The molecule has 0 aliphatic carbocycles. The largest absolute Gasteiger partial charge is 0.372 e. The molecule has 1 fully saturated rings. The first kappa shape index (κ1) is 22.6. The number of rotatable bonds is 9. The molecular formula is C28H29ClN2O. The molecule has 0 bridgehead atoms. The van der Waals surface area contributed by atoms with Crippen LogP contribution in [0.1, 0.15) is 36.0 Å². The highest BCUT2D eigenvalue weighted by Gasteiger charge is 2.34. The molecular weight excluding hydrogens is 416 g/mol. The molecule has 0 aromatic heterocycles. The minimum atomic E-state index is -0.620. The molecule has 0 saturated carbocycles. The van der Waals surface area contributed by atoms with Gasteiger partial charge in [-0.05, 0) is 54.6 Å². The molecule has 1 saturated heterocycles. The maximum absolute atomic E-state index is 10.3. The summed E-state index contributed by atoms with van der Waals surface area (Å²) in [6.07, 6.45) is 3.04. The lowest BCUT2D eigenvalue weighted by Crippen LogP contribution is -2.29. The van der Waals surface area contributed by atoms with Gasteiger partial charge in [-0.15, -0.1) is 0 Å². The summed E-state index contributed by atoms with van der Waals surface area (Å²) in [6, 6.07) is 30.9. The Balaban J connectivity index is 1.34. The quantitative estimate of drug-likeness (QED) is 0.393. The van der Waals surface area contributed by atoms with Crippen molar-refractivity contribution >= 4 is 11.6 Å². The zero-order chi connectivity index (χ0) is 22.2. The average molecular weight is 445 g/mol. The molecule has 1 heterocycles. The molecule has 3 nitrogen and oxygen atoms in total. The number of halogens is 1. The zero-order valence-corrected chi connectivity index (χ0v) is 19.0. The van der Waals surface area contributed by atoms with E-state index in [1.54, 1.807) is 0 Å². The monoisotopic (exact) mass is 444 g/mol. The third kappa shape index (κ3) is 5.40. The highest BCUT2D eigenvalue weighted by Crippen LogP contribution is 2.36. The van der Waals surface area contributed by atoms with Crippen molar-refractivity contribution in [2.75, 3.05) is 19.6 Å². The van der Waals surface area contributed by atoms with Gasteiger partial charge in [0.15, 0.2) is 0 Å². The number of nitrogens with zero attached hydrogens (tertiary/aromatic N) is 2. The predicted octanol–water partition coefficient (Wildman–Crippen LogP) is 6.22. The molecule has 4 heteroatoms. The fourth-order valence-corrected chi connectivity index (χ4v) is 4.84. The summed E-state index contributed by atoms with van der Waals surface area (Å²) in [5.41, 5.74) is 2.63. The van der Waals surface area contributed by atoms with Crippen LogP contribution in [0.3, 0.4) is 0 Å². The lowest BCUT2D eigenvalue weighted by atomic mass is 9.72. The van der Waals surface area contributed by atoms with E-state index >= 15 is 0 Å². The van der Waals surface area contributed by atoms with E-state index in [2.05, 4.69) is 35.2 Å². The minimum absolute atomic E-state index is 0.248. The van der Waals surface area contributed by atoms with Crippen LogP contribution in [0.25, 0.3) is 0 Å². The van der Waals surface area contributed by atoms with Gasteiger partial charge in [0.25, 0.3) is 0 Å². The van der Waals surface area contributed by atoms with Crippen molar-refractivity contribution in [2.24, 2.45) is 0 Å². The van der Waals surface area contributed by atoms with Crippen LogP contribution in [0.15, 0.2) is 84.9 Å². The van der Waals surface area contributed by atoms with Gasteiger partial charge < -0.3 is 9.64 Å². The highest BCUT2D eigenvalue weighted by atomic mass is 35.5. The molecule has 1 aliphatic rings. The predicted molar refractivity (Wildman–Crippen MR) is 130 cm³/mol. The SMILES string of the molecule is N#CC(CCCN1CCC(OCc2cccc(Cl)c2)C1)(c1ccccc1)c1ccccc1. The third-order valence-corrected chi connectivity index (χ3v) is 6.59. The second kappa shape index (κ2) is 10.8. The van der Waals surface area contributed by atoms with E-state index in [0.717, 1.165) is 60.6 Å². The summed E-state index contributed by atoms with van der Waals surface area (Å²) in [5, 5.41) is 11.1. The van der Waals surface area contributed by atoms with Crippen LogP contribution in [0.4, 0.5) is 0 Å². The van der Waals surface area contributed by atoms with Gasteiger partial charge in [0.2, 0.25) is 0 Å². The molecule has 4 rings (SSSR count). The molecule has 0 N–H and O–H groups in total. The second-order valence-corrected chi connectivity index (χ2v) is 8.94. The Bertz CT molecular complexity index is 993. The van der Waals surface area contributed by atoms with E-state index in [0.29, 0.717) is 6.61 Å². The zero-order valence-electron chi connectivity index (χ0n) is 18.3. The van der Waals surface area contributed by atoms with E-state index in [4.69, 9.17) is 16.3 Å². The Hall–Kier alpha value is -2.64. The standard InChI is InChI=1S/C28H29ClN2O/c29-26-14-7-9-23(19-26)21-32-27-15-18-31(20-27)17-8-16-28(22-30,24-10-3-1-4-11-24)25-12-5-2-6-13-25/h1-7,9-14,19,27H,8,15-18,20-21H2. The molecule has 3 aromatic carbocycles. The molecule has 164 valence electrons. The Kier molecular flexibility index (Phi) is 7.60. The lowest BCUT2D eigenvalue weighted by molar-refractivity contribution is 0.0465. The molecule has 32 heavy (non-hydrogen) atoms. The van der Waals surface area contributed by atoms with Crippen molar-refractivity contribution in [1.82, 2.24) is 4.90 Å². The minimum Gasteiger partial charge on any atom is -0.372 e. The average Bonchev–Trinajstić information content (AvgIpc) is 3.30. The van der Waals surface area contributed by atoms with Gasteiger partial charge in [0.1, 0.15) is 5.41 Å². The summed E-state index contributed by atoms with van der Waals surface area (Å²) in [7, 11) is 0. The Morgan fingerprint density at radius 1 is 0.969 bits per heavy atom. The topological polar surface area (TPSA) is 36.3 Å². The third-order valence-electron chi connectivity index (χ3n) is 6.35. The van der Waals surface area contributed by atoms with Crippen LogP contribution >= 0.6 is 11.6 Å². The van der Waals surface area contributed by atoms with Gasteiger partial charge in [-0.2, -0.15) is 5.26 Å². The van der Waals surface area contributed by atoms with Gasteiger partial charge in [0.05, 0.1) is 18.8 Å². The second-order valence-electron chi connectivity index (χ2n) is 8.50. The fourth-order valence-electron chi connectivity index (χ4n) is 4.63. The molecule has 3 aromatic rings. The van der Waals surface area contributed by atoms with Gasteiger partial charge in [-0.3, -0.25) is 0 Å². The van der Waals surface area contributed by atoms with E-state index in [-0.39, 0.29) is 6.10 Å². The maximum atomic E-state index is 10.3. The van der Waals surface area contributed by atoms with Crippen molar-refractivity contribution in [3.8, 4) is 6.07 Å².